The number of carbonyl (C=O) groups excluding carboxylic acids is 1. The van der Waals surface area contributed by atoms with Crippen LogP contribution in [0.2, 0.25) is 0 Å². The quantitative estimate of drug-likeness (QED) is 0.812. The van der Waals surface area contributed by atoms with Crippen LogP contribution in [0.1, 0.15) is 21.1 Å². The Balaban J connectivity index is 2.27. The Morgan fingerprint density at radius 3 is 2.22 bits per heavy atom. The van der Waals surface area contributed by atoms with Crippen LogP contribution >= 0.6 is 11.3 Å². The predicted molar refractivity (Wildman–Crippen MR) is 88.7 cm³/mol. The molecule has 7 heteroatoms. The minimum atomic E-state index is -0.144. The SMILES string of the molecule is COc1cc(C(=O)N(C)Cc2csc(C)n2)cc(OC)c1OC. The number of aromatic nitrogens is 1. The van der Waals surface area contributed by atoms with Crippen molar-refractivity contribution in [2.75, 3.05) is 28.4 Å². The van der Waals surface area contributed by atoms with Gasteiger partial charge < -0.3 is 19.1 Å². The maximum atomic E-state index is 12.6. The van der Waals surface area contributed by atoms with E-state index in [-0.39, 0.29) is 5.91 Å². The number of amides is 1. The molecule has 0 saturated carbocycles. The molecule has 0 saturated heterocycles. The number of carbonyl (C=O) groups is 1. The highest BCUT2D eigenvalue weighted by molar-refractivity contribution is 7.09. The van der Waals surface area contributed by atoms with E-state index < -0.39 is 0 Å². The third-order valence-corrected chi connectivity index (χ3v) is 4.15. The zero-order valence-corrected chi connectivity index (χ0v) is 14.7. The molecule has 2 aromatic rings. The molecule has 6 nitrogen and oxygen atoms in total. The van der Waals surface area contributed by atoms with E-state index in [4.69, 9.17) is 14.2 Å². The van der Waals surface area contributed by atoms with Crippen molar-refractivity contribution in [1.82, 2.24) is 9.88 Å². The van der Waals surface area contributed by atoms with Gasteiger partial charge in [0.2, 0.25) is 5.75 Å². The lowest BCUT2D eigenvalue weighted by Gasteiger charge is -2.18. The molecule has 0 spiro atoms. The molecule has 1 aromatic heterocycles. The van der Waals surface area contributed by atoms with Crippen molar-refractivity contribution in [2.24, 2.45) is 0 Å². The lowest BCUT2D eigenvalue weighted by Crippen LogP contribution is -2.26. The highest BCUT2D eigenvalue weighted by Crippen LogP contribution is 2.38. The summed E-state index contributed by atoms with van der Waals surface area (Å²) in [6.07, 6.45) is 0. The summed E-state index contributed by atoms with van der Waals surface area (Å²) in [5, 5.41) is 2.93. The second-order valence-electron chi connectivity index (χ2n) is 4.93. The minimum Gasteiger partial charge on any atom is -0.493 e. The van der Waals surface area contributed by atoms with Gasteiger partial charge in [-0.3, -0.25) is 4.79 Å². The van der Waals surface area contributed by atoms with Gasteiger partial charge in [0.05, 0.1) is 38.6 Å². The first-order chi connectivity index (χ1) is 11.0. The topological polar surface area (TPSA) is 60.9 Å². The number of thiazole rings is 1. The van der Waals surface area contributed by atoms with Gasteiger partial charge in [-0.25, -0.2) is 4.98 Å². The van der Waals surface area contributed by atoms with Crippen molar-refractivity contribution in [3.63, 3.8) is 0 Å². The van der Waals surface area contributed by atoms with Gasteiger partial charge in [0, 0.05) is 18.0 Å². The van der Waals surface area contributed by atoms with Gasteiger partial charge in [-0.2, -0.15) is 0 Å². The Morgan fingerprint density at radius 2 is 1.78 bits per heavy atom. The van der Waals surface area contributed by atoms with Crippen LogP contribution in [0.4, 0.5) is 0 Å². The van der Waals surface area contributed by atoms with E-state index in [0.29, 0.717) is 29.4 Å². The molecule has 23 heavy (non-hydrogen) atoms. The molecule has 0 unspecified atom stereocenters. The summed E-state index contributed by atoms with van der Waals surface area (Å²) in [5.41, 5.74) is 1.34. The average Bonchev–Trinajstić information content (AvgIpc) is 2.97. The minimum absolute atomic E-state index is 0.144. The summed E-state index contributed by atoms with van der Waals surface area (Å²) in [6, 6.07) is 3.29. The van der Waals surface area contributed by atoms with Crippen LogP contribution in [0, 0.1) is 6.92 Å². The van der Waals surface area contributed by atoms with Gasteiger partial charge in [-0.1, -0.05) is 0 Å². The Kier molecular flexibility index (Phi) is 5.44. The zero-order valence-electron chi connectivity index (χ0n) is 13.9. The molecule has 1 heterocycles. The molecule has 0 N–H and O–H groups in total. The number of aryl methyl sites for hydroxylation is 1. The largest absolute Gasteiger partial charge is 0.493 e. The molecule has 0 bridgehead atoms. The van der Waals surface area contributed by atoms with Crippen molar-refractivity contribution in [2.45, 2.75) is 13.5 Å². The van der Waals surface area contributed by atoms with E-state index in [2.05, 4.69) is 4.98 Å². The lowest BCUT2D eigenvalue weighted by molar-refractivity contribution is 0.0782. The summed E-state index contributed by atoms with van der Waals surface area (Å²) < 4.78 is 15.8. The molecule has 1 amide bonds. The predicted octanol–water partition coefficient (Wildman–Crippen LogP) is 2.75. The molecule has 0 aliphatic rings. The first-order valence-corrected chi connectivity index (χ1v) is 7.84. The van der Waals surface area contributed by atoms with Gasteiger partial charge in [0.1, 0.15) is 0 Å². The molecular formula is C16H20N2O4S. The Bertz CT molecular complexity index is 674. The zero-order chi connectivity index (χ0) is 17.0. The van der Waals surface area contributed by atoms with Crippen molar-refractivity contribution in [3.05, 3.63) is 33.8 Å². The van der Waals surface area contributed by atoms with Crippen LogP contribution in [0.3, 0.4) is 0 Å². The van der Waals surface area contributed by atoms with Crippen molar-refractivity contribution < 1.29 is 19.0 Å². The summed E-state index contributed by atoms with van der Waals surface area (Å²) in [4.78, 5) is 18.6. The monoisotopic (exact) mass is 336 g/mol. The molecule has 0 aliphatic heterocycles. The number of ether oxygens (including phenoxy) is 3. The van der Waals surface area contributed by atoms with Gasteiger partial charge in [-0.05, 0) is 19.1 Å². The molecule has 0 fully saturated rings. The summed E-state index contributed by atoms with van der Waals surface area (Å²) in [5.74, 6) is 1.22. The van der Waals surface area contributed by atoms with Crippen LogP contribution < -0.4 is 14.2 Å². The van der Waals surface area contributed by atoms with Crippen molar-refractivity contribution in [3.8, 4) is 17.2 Å². The van der Waals surface area contributed by atoms with E-state index >= 15 is 0 Å². The van der Waals surface area contributed by atoms with Crippen molar-refractivity contribution in [1.29, 1.82) is 0 Å². The second-order valence-corrected chi connectivity index (χ2v) is 6.00. The van der Waals surface area contributed by atoms with E-state index in [1.165, 1.54) is 21.3 Å². The Labute approximate surface area is 139 Å². The molecular weight excluding hydrogens is 316 g/mol. The van der Waals surface area contributed by atoms with Gasteiger partial charge in [0.25, 0.3) is 5.91 Å². The fourth-order valence-corrected chi connectivity index (χ4v) is 2.82. The number of methoxy groups -OCH3 is 3. The van der Waals surface area contributed by atoms with E-state index in [9.17, 15) is 4.79 Å². The maximum Gasteiger partial charge on any atom is 0.254 e. The van der Waals surface area contributed by atoms with Crippen LogP contribution in [0.5, 0.6) is 17.2 Å². The average molecular weight is 336 g/mol. The molecule has 1 aromatic carbocycles. The van der Waals surface area contributed by atoms with Gasteiger partial charge in [0.15, 0.2) is 11.5 Å². The number of rotatable bonds is 6. The summed E-state index contributed by atoms with van der Waals surface area (Å²) >= 11 is 1.57. The smallest absolute Gasteiger partial charge is 0.254 e. The number of nitrogens with zero attached hydrogens (tertiary/aromatic N) is 2. The number of hydrogen-bond donors (Lipinski definition) is 0. The third kappa shape index (κ3) is 3.73. The Morgan fingerprint density at radius 1 is 1.17 bits per heavy atom. The number of benzene rings is 1. The fourth-order valence-electron chi connectivity index (χ4n) is 2.22. The molecule has 124 valence electrons. The van der Waals surface area contributed by atoms with Crippen LogP contribution in [0.25, 0.3) is 0 Å². The summed E-state index contributed by atoms with van der Waals surface area (Å²) in [6.45, 7) is 2.38. The van der Waals surface area contributed by atoms with Crippen LogP contribution in [0.15, 0.2) is 17.5 Å². The molecule has 0 atom stereocenters. The fraction of sp³-hybridized carbons (Fsp3) is 0.375. The summed E-state index contributed by atoms with van der Waals surface area (Å²) in [7, 11) is 6.30. The normalized spacial score (nSPS) is 10.3. The lowest BCUT2D eigenvalue weighted by atomic mass is 10.1. The van der Waals surface area contributed by atoms with E-state index in [1.54, 1.807) is 35.4 Å². The second kappa shape index (κ2) is 7.32. The maximum absolute atomic E-state index is 12.6. The highest BCUT2D eigenvalue weighted by atomic mass is 32.1. The highest BCUT2D eigenvalue weighted by Gasteiger charge is 2.19. The molecule has 0 aliphatic carbocycles. The van der Waals surface area contributed by atoms with Gasteiger partial charge >= 0.3 is 0 Å². The number of hydrogen-bond acceptors (Lipinski definition) is 6. The first-order valence-electron chi connectivity index (χ1n) is 6.96. The Hall–Kier alpha value is -2.28. The van der Waals surface area contributed by atoms with Crippen LogP contribution in [-0.4, -0.2) is 44.2 Å². The van der Waals surface area contributed by atoms with Crippen LogP contribution in [-0.2, 0) is 6.54 Å². The first kappa shape index (κ1) is 17.1. The third-order valence-electron chi connectivity index (χ3n) is 3.32. The van der Waals surface area contributed by atoms with Gasteiger partial charge in [-0.15, -0.1) is 11.3 Å². The van der Waals surface area contributed by atoms with E-state index in [1.807, 2.05) is 12.3 Å². The standard InChI is InChI=1S/C16H20N2O4S/c1-10-17-12(9-23-10)8-18(2)16(19)11-6-13(20-3)15(22-5)14(7-11)21-4/h6-7,9H,8H2,1-5H3. The van der Waals surface area contributed by atoms with Crippen molar-refractivity contribution >= 4 is 17.2 Å². The molecule has 2 rings (SSSR count). The van der Waals surface area contributed by atoms with E-state index in [0.717, 1.165) is 10.7 Å². The molecule has 0 radical (unpaired) electrons.